The standard InChI is InChI=1S/C37H65N5O6SSi2/c1-22(2)25-17-26(23(3)4)32(49(43,44)45)37(19-25,24(5)6)31-30-33(41-34(38)40-31)42(21-39-30)29-18-27(48-51(15,16)36(10,11)12)28(47-29)20-46-50(13,14)35(7,8)9/h17,19,21-24,27-29,32H,18,20H2,1-16H3,(H2,38,40,41)(H,43,44,45)/t27-,28+,29+,32?,37?/m0/s1. The smallest absolute Gasteiger partial charge is 0.272 e. The van der Waals surface area contributed by atoms with E-state index in [2.05, 4.69) is 86.6 Å². The van der Waals surface area contributed by atoms with Crippen molar-refractivity contribution >= 4 is 43.9 Å². The van der Waals surface area contributed by atoms with Gasteiger partial charge in [0.15, 0.2) is 22.3 Å². The Bertz CT molecular complexity index is 1770. The zero-order valence-electron chi connectivity index (χ0n) is 34.0. The number of imidazole rings is 1. The van der Waals surface area contributed by atoms with Gasteiger partial charge in [0.1, 0.15) is 23.1 Å². The summed E-state index contributed by atoms with van der Waals surface area (Å²) in [5.74, 6) is -0.426. The van der Waals surface area contributed by atoms with E-state index < -0.39 is 43.6 Å². The maximum Gasteiger partial charge on any atom is 0.272 e. The number of anilines is 1. The molecular weight excluding hydrogens is 699 g/mol. The van der Waals surface area contributed by atoms with E-state index in [1.165, 1.54) is 0 Å². The lowest BCUT2D eigenvalue weighted by atomic mass is 9.63. The van der Waals surface area contributed by atoms with Crippen LogP contribution in [0, 0.1) is 17.8 Å². The Hall–Kier alpha value is -1.95. The monoisotopic (exact) mass is 763 g/mol. The number of rotatable bonds is 11. The number of hydrogen-bond acceptors (Lipinski definition) is 9. The Morgan fingerprint density at radius 2 is 1.59 bits per heavy atom. The van der Waals surface area contributed by atoms with E-state index in [4.69, 9.17) is 29.3 Å². The van der Waals surface area contributed by atoms with Crippen LogP contribution in [0.5, 0.6) is 0 Å². The molecule has 11 nitrogen and oxygen atoms in total. The topological polar surface area (TPSA) is 152 Å². The molecule has 1 aliphatic carbocycles. The van der Waals surface area contributed by atoms with Gasteiger partial charge in [-0.15, -0.1) is 0 Å². The predicted molar refractivity (Wildman–Crippen MR) is 211 cm³/mol. The second kappa shape index (κ2) is 14.0. The zero-order chi connectivity index (χ0) is 38.9. The first kappa shape index (κ1) is 41.8. The van der Waals surface area contributed by atoms with Gasteiger partial charge in [0, 0.05) is 6.42 Å². The lowest BCUT2D eigenvalue weighted by Crippen LogP contribution is -2.51. The maximum atomic E-state index is 13.5. The molecule has 0 radical (unpaired) electrons. The second-order valence-electron chi connectivity index (χ2n) is 18.7. The van der Waals surface area contributed by atoms with Crippen LogP contribution in [-0.2, 0) is 29.1 Å². The van der Waals surface area contributed by atoms with Gasteiger partial charge in [-0.1, -0.05) is 95.2 Å². The average Bonchev–Trinajstić information content (AvgIpc) is 3.56. The summed E-state index contributed by atoms with van der Waals surface area (Å²) in [6.45, 7) is 34.7. The summed E-state index contributed by atoms with van der Waals surface area (Å²) >= 11 is 0. The Balaban J connectivity index is 1.90. The molecule has 0 spiro atoms. The molecule has 288 valence electrons. The van der Waals surface area contributed by atoms with Crippen molar-refractivity contribution < 1.29 is 26.6 Å². The van der Waals surface area contributed by atoms with Crippen LogP contribution in [-0.4, -0.2) is 73.2 Å². The number of nitrogens with two attached hydrogens (primary N) is 1. The third kappa shape index (κ3) is 7.97. The van der Waals surface area contributed by atoms with E-state index in [9.17, 15) is 13.0 Å². The molecule has 2 aromatic rings. The van der Waals surface area contributed by atoms with Gasteiger partial charge in [-0.2, -0.15) is 13.4 Å². The highest BCUT2D eigenvalue weighted by molar-refractivity contribution is 7.86. The molecule has 5 atom stereocenters. The first-order valence-electron chi connectivity index (χ1n) is 18.4. The number of hydrogen-bond donors (Lipinski definition) is 2. The van der Waals surface area contributed by atoms with Gasteiger partial charge in [0.25, 0.3) is 10.1 Å². The summed E-state index contributed by atoms with van der Waals surface area (Å²) < 4.78 is 60.4. The summed E-state index contributed by atoms with van der Waals surface area (Å²) in [4.78, 5) is 14.3. The van der Waals surface area contributed by atoms with Crippen molar-refractivity contribution in [3.8, 4) is 0 Å². The fourth-order valence-electron chi connectivity index (χ4n) is 6.75. The minimum absolute atomic E-state index is 0.00537. The minimum atomic E-state index is -4.63. The van der Waals surface area contributed by atoms with Crippen LogP contribution < -0.4 is 5.73 Å². The predicted octanol–water partition coefficient (Wildman–Crippen LogP) is 8.44. The zero-order valence-corrected chi connectivity index (χ0v) is 36.8. The number of nitrogens with zero attached hydrogens (tertiary/aromatic N) is 4. The van der Waals surface area contributed by atoms with Crippen LogP contribution >= 0.6 is 0 Å². The van der Waals surface area contributed by atoms with E-state index >= 15 is 0 Å². The van der Waals surface area contributed by atoms with Crippen molar-refractivity contribution in [1.29, 1.82) is 0 Å². The van der Waals surface area contributed by atoms with Crippen LogP contribution in [0.25, 0.3) is 11.2 Å². The molecule has 14 heteroatoms. The molecule has 1 fully saturated rings. The number of nitrogen functional groups attached to an aromatic ring is 1. The van der Waals surface area contributed by atoms with Crippen molar-refractivity contribution in [2.75, 3.05) is 12.3 Å². The van der Waals surface area contributed by atoms with Crippen molar-refractivity contribution in [2.24, 2.45) is 17.8 Å². The number of fused-ring (bicyclic) bond motifs is 1. The fraction of sp³-hybridized carbons (Fsp3) is 0.757. The molecule has 0 bridgehead atoms. The second-order valence-corrected chi connectivity index (χ2v) is 29.8. The van der Waals surface area contributed by atoms with E-state index in [1.807, 2.05) is 44.4 Å². The van der Waals surface area contributed by atoms with Crippen LogP contribution in [0.1, 0.15) is 101 Å². The minimum Gasteiger partial charge on any atom is -0.414 e. The van der Waals surface area contributed by atoms with E-state index in [1.54, 1.807) is 6.33 Å². The largest absolute Gasteiger partial charge is 0.414 e. The van der Waals surface area contributed by atoms with E-state index in [0.29, 0.717) is 35.5 Å². The normalized spacial score (nSPS) is 25.7. The van der Waals surface area contributed by atoms with Crippen molar-refractivity contribution in [3.05, 3.63) is 35.3 Å². The highest BCUT2D eigenvalue weighted by Crippen LogP contribution is 2.51. The summed E-state index contributed by atoms with van der Waals surface area (Å²) in [5, 5.41) is -1.27. The first-order chi connectivity index (χ1) is 23.0. The SMILES string of the molecule is CC(C)C1=CC(c2nc(N)nc3c2ncn3[C@H]2C[C@H](O[Si](C)(C)C(C)(C)C)[C@@H](CO[Si](C)(C)C(C)(C)C)O2)(C(C)C)C(S(=O)(=O)O)C(C(C)C)=C1. The van der Waals surface area contributed by atoms with Crippen molar-refractivity contribution in [3.63, 3.8) is 0 Å². The van der Waals surface area contributed by atoms with Gasteiger partial charge in [-0.05, 0) is 65.2 Å². The lowest BCUT2D eigenvalue weighted by molar-refractivity contribution is -0.0383. The van der Waals surface area contributed by atoms with Gasteiger partial charge >= 0.3 is 0 Å². The fourth-order valence-corrected chi connectivity index (χ4v) is 10.7. The van der Waals surface area contributed by atoms with Crippen molar-refractivity contribution in [2.45, 2.75) is 155 Å². The third-order valence-corrected chi connectivity index (χ3v) is 22.3. The first-order valence-corrected chi connectivity index (χ1v) is 25.8. The van der Waals surface area contributed by atoms with Gasteiger partial charge in [0.05, 0.1) is 30.1 Å². The number of ether oxygens (including phenoxy) is 1. The Morgan fingerprint density at radius 1 is 1.00 bits per heavy atom. The molecule has 0 amide bonds. The maximum absolute atomic E-state index is 13.5. The molecule has 0 aromatic carbocycles. The molecule has 2 aromatic heterocycles. The van der Waals surface area contributed by atoms with E-state index in [-0.39, 0.29) is 46.0 Å². The van der Waals surface area contributed by atoms with Gasteiger partial charge in [0.2, 0.25) is 5.95 Å². The van der Waals surface area contributed by atoms with Crippen LogP contribution in [0.3, 0.4) is 0 Å². The van der Waals surface area contributed by atoms with Crippen LogP contribution in [0.2, 0.25) is 36.3 Å². The Morgan fingerprint density at radius 3 is 2.08 bits per heavy atom. The van der Waals surface area contributed by atoms with Gasteiger partial charge in [-0.25, -0.2) is 9.97 Å². The summed E-state index contributed by atoms with van der Waals surface area (Å²) in [6, 6.07) is 0. The lowest BCUT2D eigenvalue weighted by Gasteiger charge is -2.45. The molecule has 2 unspecified atom stereocenters. The molecule has 1 aliphatic heterocycles. The molecule has 1 saturated heterocycles. The average molecular weight is 764 g/mol. The molecule has 51 heavy (non-hydrogen) atoms. The van der Waals surface area contributed by atoms with Crippen LogP contribution in [0.4, 0.5) is 5.95 Å². The molecule has 4 rings (SSSR count). The summed E-state index contributed by atoms with van der Waals surface area (Å²) in [5.41, 5.74) is 8.02. The molecular formula is C37H65N5O6SSi2. The third-order valence-electron chi connectivity index (χ3n) is 12.1. The van der Waals surface area contributed by atoms with Gasteiger partial charge in [-0.3, -0.25) is 9.12 Å². The molecule has 2 aliphatic rings. The Kier molecular flexibility index (Phi) is 11.5. The summed E-state index contributed by atoms with van der Waals surface area (Å²) in [7, 11) is -8.92. The number of allylic oxidation sites excluding steroid dienone is 3. The highest BCUT2D eigenvalue weighted by Gasteiger charge is 2.55. The van der Waals surface area contributed by atoms with E-state index in [0.717, 1.165) is 5.57 Å². The highest BCUT2D eigenvalue weighted by atomic mass is 32.2. The summed E-state index contributed by atoms with van der Waals surface area (Å²) in [6.07, 6.45) is 5.07. The molecule has 0 saturated carbocycles. The molecule has 3 heterocycles. The molecule has 3 N–H and O–H groups in total. The van der Waals surface area contributed by atoms with Crippen LogP contribution in [0.15, 0.2) is 29.6 Å². The van der Waals surface area contributed by atoms with Crippen molar-refractivity contribution in [1.82, 2.24) is 19.5 Å². The number of aromatic nitrogens is 4. The Labute approximate surface area is 309 Å². The quantitative estimate of drug-likeness (QED) is 0.169. The van der Waals surface area contributed by atoms with Gasteiger partial charge < -0.3 is 19.3 Å².